The normalized spacial score (nSPS) is 5.50. The van der Waals surface area contributed by atoms with Crippen molar-refractivity contribution in [1.82, 2.24) is 0 Å². The van der Waals surface area contributed by atoms with Crippen molar-refractivity contribution in [3.63, 3.8) is 0 Å². The van der Waals surface area contributed by atoms with Crippen LogP contribution in [-0.2, 0) is 4.74 Å². The van der Waals surface area contributed by atoms with Gasteiger partial charge in [-0.05, 0) is 6.92 Å². The highest BCUT2D eigenvalue weighted by atomic mass is 16.5. The van der Waals surface area contributed by atoms with Gasteiger partial charge in [-0.3, -0.25) is 0 Å². The molecule has 0 atom stereocenters. The Hall–Kier alpha value is -0.840. The van der Waals surface area contributed by atoms with E-state index in [1.807, 2.05) is 6.92 Å². The first kappa shape index (κ1) is 5.16. The van der Waals surface area contributed by atoms with Gasteiger partial charge >= 0.3 is 0 Å². The van der Waals surface area contributed by atoms with Crippen LogP contribution in [0.4, 0.5) is 0 Å². The molecule has 0 aromatic heterocycles. The lowest BCUT2D eigenvalue weighted by Crippen LogP contribution is -1.81. The van der Waals surface area contributed by atoms with E-state index in [9.17, 15) is 0 Å². The zero-order valence-corrected chi connectivity index (χ0v) is 3.69. The summed E-state index contributed by atoms with van der Waals surface area (Å²) in [6.45, 7) is 2.45. The van der Waals surface area contributed by atoms with Gasteiger partial charge in [-0.1, -0.05) is 0 Å². The number of rotatable bonds is 1. The summed E-state index contributed by atoms with van der Waals surface area (Å²) in [5.74, 6) is 0. The van der Waals surface area contributed by atoms with Crippen LogP contribution in [0.1, 0.15) is 6.92 Å². The third-order valence-electron chi connectivity index (χ3n) is 0.275. The molecule has 0 aliphatic carbocycles. The number of hydrogen-bond acceptors (Lipinski definition) is 2. The molecule has 0 saturated carbocycles. The molecule has 0 amide bonds. The lowest BCUT2D eigenvalue weighted by atomic mass is 10.9. The fourth-order valence-electron chi connectivity index (χ4n) is 0.114. The second kappa shape index (κ2) is 4.16. The zero-order valence-electron chi connectivity index (χ0n) is 3.69. The summed E-state index contributed by atoms with van der Waals surface area (Å²) in [7, 11) is 0. The van der Waals surface area contributed by atoms with Gasteiger partial charge in [-0.2, -0.15) is 0 Å². The standard InChI is InChI=1S/C4H7NO/c1-2-6-4-3-5/h2,5H2,1H3. The summed E-state index contributed by atoms with van der Waals surface area (Å²) in [6, 6.07) is 2.10. The van der Waals surface area contributed by atoms with Crippen LogP contribution in [0.5, 0.6) is 0 Å². The average Bonchev–Trinajstić information content (AvgIpc) is 1.61. The van der Waals surface area contributed by atoms with Gasteiger partial charge < -0.3 is 10.5 Å². The quantitative estimate of drug-likeness (QED) is 0.356. The molecule has 0 fully saturated rings. The Bertz CT molecular complexity index is 69.4. The molecule has 0 aromatic carbocycles. The molecule has 0 aliphatic rings. The van der Waals surface area contributed by atoms with Crippen LogP contribution < -0.4 is 5.73 Å². The Kier molecular flexibility index (Phi) is 3.58. The minimum absolute atomic E-state index is 0.601. The van der Waals surface area contributed by atoms with Crippen molar-refractivity contribution in [1.29, 1.82) is 0 Å². The maximum atomic E-state index is 4.73. The number of nitrogens with two attached hydrogens (primary N) is 1. The highest BCUT2D eigenvalue weighted by molar-refractivity contribution is 4.82. The van der Waals surface area contributed by atoms with Gasteiger partial charge in [-0.25, -0.2) is 0 Å². The first-order chi connectivity index (χ1) is 2.91. The molecular weight excluding hydrogens is 78.0 g/mol. The van der Waals surface area contributed by atoms with E-state index in [-0.39, 0.29) is 0 Å². The summed E-state index contributed by atoms with van der Waals surface area (Å²) >= 11 is 0. The van der Waals surface area contributed by atoms with Gasteiger partial charge in [0.05, 0.1) is 6.61 Å². The third kappa shape index (κ3) is 3.16. The maximum Gasteiger partial charge on any atom is 0.133 e. The van der Waals surface area contributed by atoms with Crippen molar-refractivity contribution in [2.24, 2.45) is 5.73 Å². The van der Waals surface area contributed by atoms with Gasteiger partial charge in [0.15, 0.2) is 0 Å². The lowest BCUT2D eigenvalue weighted by molar-refractivity contribution is 0.299. The molecule has 0 spiro atoms. The fraction of sp³-hybridized carbons (Fsp3) is 0.500. The van der Waals surface area contributed by atoms with Crippen molar-refractivity contribution in [3.05, 3.63) is 0 Å². The second-order valence-corrected chi connectivity index (χ2v) is 0.679. The van der Waals surface area contributed by atoms with Crippen LogP contribution in [-0.4, -0.2) is 6.61 Å². The average molecular weight is 85.1 g/mol. The summed E-state index contributed by atoms with van der Waals surface area (Å²) in [5, 5.41) is 0. The first-order valence-corrected chi connectivity index (χ1v) is 1.74. The molecule has 0 aliphatic heterocycles. The Morgan fingerprint density at radius 2 is 2.50 bits per heavy atom. The van der Waals surface area contributed by atoms with Crippen LogP contribution in [0, 0.1) is 12.2 Å². The predicted molar refractivity (Wildman–Crippen MR) is 23.6 cm³/mol. The van der Waals surface area contributed by atoms with Crippen molar-refractivity contribution < 1.29 is 4.74 Å². The molecule has 0 saturated heterocycles. The second-order valence-electron chi connectivity index (χ2n) is 0.679. The first-order valence-electron chi connectivity index (χ1n) is 1.74. The van der Waals surface area contributed by atoms with E-state index in [1.54, 1.807) is 0 Å². The fourth-order valence-corrected chi connectivity index (χ4v) is 0.114. The van der Waals surface area contributed by atoms with E-state index < -0.39 is 0 Å². The number of hydrogen-bond donors (Lipinski definition) is 1. The van der Waals surface area contributed by atoms with E-state index in [1.165, 1.54) is 0 Å². The van der Waals surface area contributed by atoms with Crippen LogP contribution in [0.25, 0.3) is 0 Å². The SMILES string of the molecule is CCOC#CN. The van der Waals surface area contributed by atoms with Crippen LogP contribution in [0.3, 0.4) is 0 Å². The van der Waals surface area contributed by atoms with Crippen molar-refractivity contribution in [2.45, 2.75) is 6.92 Å². The Morgan fingerprint density at radius 1 is 1.83 bits per heavy atom. The Labute approximate surface area is 37.3 Å². The molecule has 0 aromatic rings. The molecule has 0 radical (unpaired) electrons. The summed E-state index contributed by atoms with van der Waals surface area (Å²) in [5.41, 5.74) is 4.73. The van der Waals surface area contributed by atoms with Gasteiger partial charge in [0.1, 0.15) is 6.11 Å². The molecule has 0 rings (SSSR count). The molecule has 2 nitrogen and oxygen atoms in total. The lowest BCUT2D eigenvalue weighted by Gasteiger charge is -1.80. The van der Waals surface area contributed by atoms with Crippen LogP contribution >= 0.6 is 0 Å². The smallest absolute Gasteiger partial charge is 0.133 e. The van der Waals surface area contributed by atoms with Gasteiger partial charge in [0, 0.05) is 6.04 Å². The largest absolute Gasteiger partial charge is 0.446 e. The van der Waals surface area contributed by atoms with Gasteiger partial charge in [-0.15, -0.1) is 0 Å². The zero-order chi connectivity index (χ0) is 4.83. The molecule has 34 valence electrons. The summed E-state index contributed by atoms with van der Waals surface area (Å²) in [4.78, 5) is 0. The van der Waals surface area contributed by atoms with E-state index in [2.05, 4.69) is 16.9 Å². The number of ether oxygens (including phenoxy) is 1. The summed E-state index contributed by atoms with van der Waals surface area (Å²) in [6.07, 6.45) is 2.23. The molecule has 0 bridgehead atoms. The summed E-state index contributed by atoms with van der Waals surface area (Å²) < 4.78 is 4.50. The van der Waals surface area contributed by atoms with Crippen LogP contribution in [0.15, 0.2) is 0 Å². The van der Waals surface area contributed by atoms with E-state index in [0.717, 1.165) is 0 Å². The highest BCUT2D eigenvalue weighted by Crippen LogP contribution is 1.60. The van der Waals surface area contributed by atoms with E-state index in [0.29, 0.717) is 6.61 Å². The van der Waals surface area contributed by atoms with Gasteiger partial charge in [0.25, 0.3) is 0 Å². The van der Waals surface area contributed by atoms with E-state index >= 15 is 0 Å². The molecular formula is C4H7NO. The Morgan fingerprint density at radius 3 is 2.67 bits per heavy atom. The van der Waals surface area contributed by atoms with Crippen molar-refractivity contribution in [3.8, 4) is 12.2 Å². The molecule has 0 heterocycles. The maximum absolute atomic E-state index is 4.73. The minimum atomic E-state index is 0.601. The topological polar surface area (TPSA) is 35.2 Å². The van der Waals surface area contributed by atoms with Gasteiger partial charge in [0.2, 0.25) is 0 Å². The van der Waals surface area contributed by atoms with E-state index in [4.69, 9.17) is 5.73 Å². The Balaban J connectivity index is 2.79. The van der Waals surface area contributed by atoms with Crippen LogP contribution in [0.2, 0.25) is 0 Å². The highest BCUT2D eigenvalue weighted by Gasteiger charge is 1.59. The monoisotopic (exact) mass is 85.1 g/mol. The predicted octanol–water partition coefficient (Wildman–Crippen LogP) is -0.100. The molecule has 2 heteroatoms. The molecule has 0 unspecified atom stereocenters. The molecule has 6 heavy (non-hydrogen) atoms. The third-order valence-corrected chi connectivity index (χ3v) is 0.275. The van der Waals surface area contributed by atoms with Crippen molar-refractivity contribution in [2.75, 3.05) is 6.61 Å². The minimum Gasteiger partial charge on any atom is -0.446 e. The van der Waals surface area contributed by atoms with Crippen molar-refractivity contribution >= 4 is 0 Å². The molecule has 2 N–H and O–H groups in total.